The SMILES string of the molecule is CO[C@H]1O[C@H](CO[C@]2(C)O[C@@H]3O[C@H](COC(C)=O)[C@@H](OC(C)=O)[C@H](OC(C)=O)[C@@H]3O2)[C@@H](O)[C@H](O)[C@@H]1O. The molecule has 3 heterocycles. The molecule has 0 saturated carbocycles. The number of ether oxygens (including phenoxy) is 9. The Kier molecular flexibility index (Phi) is 9.24. The van der Waals surface area contributed by atoms with Crippen molar-refractivity contribution in [2.24, 2.45) is 0 Å². The van der Waals surface area contributed by atoms with Crippen LogP contribution in [0.4, 0.5) is 0 Å². The quantitative estimate of drug-likeness (QED) is 0.226. The zero-order valence-corrected chi connectivity index (χ0v) is 20.4. The Morgan fingerprint density at radius 1 is 0.806 bits per heavy atom. The Balaban J connectivity index is 1.76. The lowest BCUT2D eigenvalue weighted by Gasteiger charge is -2.40. The van der Waals surface area contributed by atoms with E-state index >= 15 is 0 Å². The molecule has 0 aromatic carbocycles. The molecule has 3 aliphatic rings. The second-order valence-corrected chi connectivity index (χ2v) is 8.62. The Bertz CT molecular complexity index is 804. The van der Waals surface area contributed by atoms with E-state index in [2.05, 4.69) is 0 Å². The van der Waals surface area contributed by atoms with E-state index in [1.54, 1.807) is 0 Å². The van der Waals surface area contributed by atoms with E-state index in [1.807, 2.05) is 0 Å². The topological polar surface area (TPSA) is 195 Å². The van der Waals surface area contributed by atoms with Gasteiger partial charge in [0.1, 0.15) is 37.1 Å². The highest BCUT2D eigenvalue weighted by atomic mass is 16.9. The number of hydrogen-bond acceptors (Lipinski definition) is 15. The third-order valence-electron chi connectivity index (χ3n) is 5.74. The number of aliphatic hydroxyl groups is 3. The number of hydrogen-bond donors (Lipinski definition) is 3. The molecular formula is C21H32O15. The molecule has 0 aromatic rings. The van der Waals surface area contributed by atoms with Crippen molar-refractivity contribution in [2.45, 2.75) is 95.1 Å². The number of carbonyl (C=O) groups excluding carboxylic acids is 3. The van der Waals surface area contributed by atoms with Crippen molar-refractivity contribution in [3.8, 4) is 0 Å². The molecule has 0 amide bonds. The summed E-state index contributed by atoms with van der Waals surface area (Å²) in [5.41, 5.74) is 0. The van der Waals surface area contributed by atoms with Crippen molar-refractivity contribution in [2.75, 3.05) is 20.3 Å². The van der Waals surface area contributed by atoms with Crippen LogP contribution in [0.5, 0.6) is 0 Å². The molecule has 0 aliphatic carbocycles. The van der Waals surface area contributed by atoms with Gasteiger partial charge in [-0.15, -0.1) is 0 Å². The van der Waals surface area contributed by atoms with Gasteiger partial charge in [-0.2, -0.15) is 0 Å². The lowest BCUT2D eigenvalue weighted by atomic mass is 9.98. The van der Waals surface area contributed by atoms with Gasteiger partial charge in [-0.1, -0.05) is 0 Å². The minimum atomic E-state index is -1.84. The van der Waals surface area contributed by atoms with E-state index in [4.69, 9.17) is 42.6 Å². The first kappa shape index (κ1) is 28.6. The second kappa shape index (κ2) is 11.6. The molecule has 3 saturated heterocycles. The van der Waals surface area contributed by atoms with Gasteiger partial charge in [-0.3, -0.25) is 19.1 Å². The number of rotatable bonds is 8. The van der Waals surface area contributed by atoms with Gasteiger partial charge in [0.25, 0.3) is 5.97 Å². The van der Waals surface area contributed by atoms with E-state index in [-0.39, 0.29) is 13.2 Å². The average molecular weight is 524 g/mol. The van der Waals surface area contributed by atoms with E-state index in [9.17, 15) is 29.7 Å². The summed E-state index contributed by atoms with van der Waals surface area (Å²) in [5.74, 6) is -3.87. The van der Waals surface area contributed by atoms with Gasteiger partial charge < -0.3 is 53.2 Å². The molecule has 206 valence electrons. The highest BCUT2D eigenvalue weighted by Crippen LogP contribution is 2.40. The minimum Gasteiger partial charge on any atom is -0.463 e. The molecule has 0 spiro atoms. The summed E-state index contributed by atoms with van der Waals surface area (Å²) in [7, 11) is 1.25. The van der Waals surface area contributed by atoms with Crippen molar-refractivity contribution < 1.29 is 72.3 Å². The molecule has 0 bridgehead atoms. The van der Waals surface area contributed by atoms with Crippen LogP contribution in [0.25, 0.3) is 0 Å². The van der Waals surface area contributed by atoms with Crippen LogP contribution in [0.2, 0.25) is 0 Å². The molecule has 3 fully saturated rings. The van der Waals surface area contributed by atoms with Crippen LogP contribution in [-0.2, 0) is 57.0 Å². The zero-order chi connectivity index (χ0) is 26.8. The maximum Gasteiger partial charge on any atom is 0.303 e. The van der Waals surface area contributed by atoms with Gasteiger partial charge >= 0.3 is 17.9 Å². The van der Waals surface area contributed by atoms with Crippen LogP contribution in [0.3, 0.4) is 0 Å². The van der Waals surface area contributed by atoms with Gasteiger partial charge in [0.15, 0.2) is 30.9 Å². The minimum absolute atomic E-state index is 0.337. The number of aliphatic hydroxyl groups excluding tert-OH is 3. The molecule has 3 N–H and O–H groups in total. The molecule has 0 radical (unpaired) electrons. The smallest absolute Gasteiger partial charge is 0.303 e. The lowest BCUT2D eigenvalue weighted by Crippen LogP contribution is -2.60. The van der Waals surface area contributed by atoms with E-state index in [0.717, 1.165) is 13.8 Å². The van der Waals surface area contributed by atoms with Crippen LogP contribution >= 0.6 is 0 Å². The van der Waals surface area contributed by atoms with Gasteiger partial charge in [0.05, 0.1) is 6.61 Å². The maximum atomic E-state index is 11.8. The Labute approximate surface area is 206 Å². The average Bonchev–Trinajstić information content (AvgIpc) is 3.13. The first-order valence-electron chi connectivity index (χ1n) is 11.2. The predicted molar refractivity (Wildman–Crippen MR) is 110 cm³/mol. The molecule has 15 nitrogen and oxygen atoms in total. The highest BCUT2D eigenvalue weighted by Gasteiger charge is 2.60. The first-order valence-corrected chi connectivity index (χ1v) is 11.2. The van der Waals surface area contributed by atoms with Crippen molar-refractivity contribution in [1.82, 2.24) is 0 Å². The molecule has 11 atom stereocenters. The number of fused-ring (bicyclic) bond motifs is 1. The van der Waals surface area contributed by atoms with Crippen LogP contribution in [0.15, 0.2) is 0 Å². The molecule has 3 rings (SSSR count). The third-order valence-corrected chi connectivity index (χ3v) is 5.74. The fourth-order valence-corrected chi connectivity index (χ4v) is 4.13. The Morgan fingerprint density at radius 2 is 1.44 bits per heavy atom. The first-order chi connectivity index (χ1) is 16.8. The third kappa shape index (κ3) is 6.48. The van der Waals surface area contributed by atoms with Crippen LogP contribution in [0, 0.1) is 0 Å². The zero-order valence-electron chi connectivity index (χ0n) is 20.4. The van der Waals surface area contributed by atoms with E-state index in [0.29, 0.717) is 0 Å². The highest BCUT2D eigenvalue weighted by molar-refractivity contribution is 5.67. The van der Waals surface area contributed by atoms with Crippen molar-refractivity contribution >= 4 is 17.9 Å². The molecular weight excluding hydrogens is 492 g/mol. The normalized spacial score (nSPS) is 42.3. The van der Waals surface area contributed by atoms with Crippen molar-refractivity contribution in [3.63, 3.8) is 0 Å². The molecule has 0 unspecified atom stereocenters. The maximum absolute atomic E-state index is 11.8. The molecule has 15 heteroatoms. The Morgan fingerprint density at radius 3 is 2.03 bits per heavy atom. The fraction of sp³-hybridized carbons (Fsp3) is 0.857. The molecule has 36 heavy (non-hydrogen) atoms. The Hall–Kier alpha value is -1.95. The number of methoxy groups -OCH3 is 1. The lowest BCUT2D eigenvalue weighted by molar-refractivity contribution is -0.364. The predicted octanol–water partition coefficient (Wildman–Crippen LogP) is -2.30. The van der Waals surface area contributed by atoms with Crippen LogP contribution in [-0.4, -0.2) is 121 Å². The van der Waals surface area contributed by atoms with Crippen molar-refractivity contribution in [3.05, 3.63) is 0 Å². The standard InChI is InChI=1S/C21H32O15/c1-8(22)29-6-12-16(31-9(2)23)17(32-10(3)24)18-20(34-12)36-21(4,35-18)30-7-11-13(25)14(26)15(27)19(28-5)33-11/h11-20,25-27H,6-7H2,1-5H3/t11-,12-,13-,14+,15+,16-,17+,18+,19+,20+,21+/m1/s1. The summed E-state index contributed by atoms with van der Waals surface area (Å²) in [6, 6.07) is 0. The summed E-state index contributed by atoms with van der Waals surface area (Å²) in [6.07, 6.45) is -12.8. The monoisotopic (exact) mass is 524 g/mol. The van der Waals surface area contributed by atoms with Crippen LogP contribution in [0.1, 0.15) is 27.7 Å². The summed E-state index contributed by atoms with van der Waals surface area (Å²) in [6.45, 7) is 4.12. The number of esters is 3. The van der Waals surface area contributed by atoms with Gasteiger partial charge in [-0.05, 0) is 0 Å². The molecule has 0 aromatic heterocycles. The van der Waals surface area contributed by atoms with Gasteiger partial charge in [0.2, 0.25) is 0 Å². The fourth-order valence-electron chi connectivity index (χ4n) is 4.13. The van der Waals surface area contributed by atoms with Gasteiger partial charge in [-0.25, -0.2) is 0 Å². The largest absolute Gasteiger partial charge is 0.463 e. The number of carbonyl (C=O) groups is 3. The van der Waals surface area contributed by atoms with Crippen LogP contribution < -0.4 is 0 Å². The second-order valence-electron chi connectivity index (χ2n) is 8.62. The molecule has 3 aliphatic heterocycles. The van der Waals surface area contributed by atoms with Gasteiger partial charge in [0, 0.05) is 34.8 Å². The summed E-state index contributed by atoms with van der Waals surface area (Å²) < 4.78 is 49.2. The summed E-state index contributed by atoms with van der Waals surface area (Å²) in [5, 5.41) is 30.2. The summed E-state index contributed by atoms with van der Waals surface area (Å²) in [4.78, 5) is 34.9. The summed E-state index contributed by atoms with van der Waals surface area (Å²) >= 11 is 0. The van der Waals surface area contributed by atoms with Crippen molar-refractivity contribution in [1.29, 1.82) is 0 Å². The van der Waals surface area contributed by atoms with E-state index < -0.39 is 85.3 Å². The van der Waals surface area contributed by atoms with E-state index in [1.165, 1.54) is 21.0 Å².